The Labute approximate surface area is 144 Å². The second-order valence-corrected chi connectivity index (χ2v) is 9.76. The predicted octanol–water partition coefficient (Wildman–Crippen LogP) is 7.24. The molecule has 0 aliphatic heterocycles. The van der Waals surface area contributed by atoms with Crippen LogP contribution in [0.5, 0.6) is 0 Å². The normalized spacial score (nSPS) is 37.3. The standard InChI is InChI=1S/C22H38O/c1-19(2)11-7-9-13-21(19,5)15-17-23-18-16-22(6)14-10-8-12-20(22,3)4/h15-18H,7-14H2,1-6H3. The maximum atomic E-state index is 5.80. The Balaban J connectivity index is 1.96. The summed E-state index contributed by atoms with van der Waals surface area (Å²) < 4.78 is 5.80. The van der Waals surface area contributed by atoms with Crippen molar-refractivity contribution in [1.29, 1.82) is 0 Å². The van der Waals surface area contributed by atoms with Crippen molar-refractivity contribution in [1.82, 2.24) is 0 Å². The van der Waals surface area contributed by atoms with Crippen LogP contribution < -0.4 is 0 Å². The molecule has 1 heteroatoms. The van der Waals surface area contributed by atoms with Gasteiger partial charge in [-0.1, -0.05) is 67.2 Å². The third-order valence-corrected chi connectivity index (χ3v) is 7.62. The monoisotopic (exact) mass is 318 g/mol. The highest BCUT2D eigenvalue weighted by Gasteiger charge is 2.41. The van der Waals surface area contributed by atoms with Crippen LogP contribution in [0.25, 0.3) is 0 Å². The molecule has 2 atom stereocenters. The summed E-state index contributed by atoms with van der Waals surface area (Å²) in [5, 5.41) is 0. The van der Waals surface area contributed by atoms with E-state index in [-0.39, 0.29) is 10.8 Å². The van der Waals surface area contributed by atoms with Gasteiger partial charge in [-0.2, -0.15) is 0 Å². The van der Waals surface area contributed by atoms with Crippen LogP contribution in [0.4, 0.5) is 0 Å². The molecule has 2 unspecified atom stereocenters. The van der Waals surface area contributed by atoms with E-state index in [1.807, 2.05) is 12.5 Å². The fourth-order valence-corrected chi connectivity index (χ4v) is 4.41. The molecule has 0 saturated heterocycles. The fraction of sp³-hybridized carbons (Fsp3) is 0.818. The lowest BCUT2D eigenvalue weighted by Gasteiger charge is -2.46. The summed E-state index contributed by atoms with van der Waals surface area (Å²) in [5.41, 5.74) is 1.25. The summed E-state index contributed by atoms with van der Waals surface area (Å²) in [6, 6.07) is 0. The highest BCUT2D eigenvalue weighted by Crippen LogP contribution is 2.52. The van der Waals surface area contributed by atoms with Gasteiger partial charge in [-0.3, -0.25) is 0 Å². The molecule has 2 aliphatic carbocycles. The molecule has 0 amide bonds. The minimum Gasteiger partial charge on any atom is -0.473 e. The molecule has 0 heterocycles. The number of hydrogen-bond donors (Lipinski definition) is 0. The second-order valence-electron chi connectivity index (χ2n) is 9.76. The molecular weight excluding hydrogens is 280 g/mol. The lowest BCUT2D eigenvalue weighted by atomic mass is 9.59. The molecule has 2 aliphatic rings. The van der Waals surface area contributed by atoms with Gasteiger partial charge in [0, 0.05) is 0 Å². The third-order valence-electron chi connectivity index (χ3n) is 7.62. The Morgan fingerprint density at radius 1 is 0.565 bits per heavy atom. The second kappa shape index (κ2) is 6.65. The molecule has 0 N–H and O–H groups in total. The van der Waals surface area contributed by atoms with E-state index in [2.05, 4.69) is 53.7 Å². The Morgan fingerprint density at radius 3 is 1.26 bits per heavy atom. The molecule has 2 fully saturated rings. The summed E-state index contributed by atoms with van der Waals surface area (Å²) in [6.07, 6.45) is 19.1. The lowest BCUT2D eigenvalue weighted by molar-refractivity contribution is 0.0758. The van der Waals surface area contributed by atoms with Crippen LogP contribution in [0.1, 0.15) is 92.9 Å². The van der Waals surface area contributed by atoms with Crippen LogP contribution in [-0.2, 0) is 4.74 Å². The van der Waals surface area contributed by atoms with E-state index in [1.165, 1.54) is 51.4 Å². The van der Waals surface area contributed by atoms with Crippen molar-refractivity contribution in [3.8, 4) is 0 Å². The molecule has 132 valence electrons. The fourth-order valence-electron chi connectivity index (χ4n) is 4.41. The maximum absolute atomic E-state index is 5.80. The molecular formula is C22H38O. The van der Waals surface area contributed by atoms with Crippen molar-refractivity contribution >= 4 is 0 Å². The van der Waals surface area contributed by atoms with Crippen LogP contribution in [0.15, 0.2) is 24.7 Å². The first-order valence-electron chi connectivity index (χ1n) is 9.63. The molecule has 0 aromatic rings. The Hall–Kier alpha value is -0.720. The van der Waals surface area contributed by atoms with E-state index in [0.29, 0.717) is 10.8 Å². The SMILES string of the molecule is CC1(C)CCCCC1(C)C=COC=CC1(C)CCCCC1(C)C. The van der Waals surface area contributed by atoms with Crippen LogP contribution in [0.3, 0.4) is 0 Å². The van der Waals surface area contributed by atoms with Gasteiger partial charge in [0.15, 0.2) is 0 Å². The van der Waals surface area contributed by atoms with Gasteiger partial charge in [0.2, 0.25) is 0 Å². The van der Waals surface area contributed by atoms with Crippen LogP contribution in [-0.4, -0.2) is 0 Å². The zero-order valence-corrected chi connectivity index (χ0v) is 16.4. The molecule has 0 spiro atoms. The average Bonchev–Trinajstić information content (AvgIpc) is 2.45. The summed E-state index contributed by atoms with van der Waals surface area (Å²) in [7, 11) is 0. The van der Waals surface area contributed by atoms with E-state index in [9.17, 15) is 0 Å². The lowest BCUT2D eigenvalue weighted by Crippen LogP contribution is -2.36. The first kappa shape index (κ1) is 18.6. The first-order chi connectivity index (χ1) is 10.6. The maximum Gasteiger partial charge on any atom is 0.0867 e. The van der Waals surface area contributed by atoms with Crippen molar-refractivity contribution < 1.29 is 4.74 Å². The van der Waals surface area contributed by atoms with Gasteiger partial charge in [-0.25, -0.2) is 0 Å². The van der Waals surface area contributed by atoms with Gasteiger partial charge < -0.3 is 4.74 Å². The van der Waals surface area contributed by atoms with Gasteiger partial charge in [0.1, 0.15) is 0 Å². The van der Waals surface area contributed by atoms with E-state index in [4.69, 9.17) is 4.74 Å². The number of ether oxygens (including phenoxy) is 1. The van der Waals surface area contributed by atoms with E-state index in [0.717, 1.165) is 0 Å². The number of rotatable bonds is 4. The minimum atomic E-state index is 0.257. The highest BCUT2D eigenvalue weighted by atomic mass is 16.5. The Morgan fingerprint density at radius 2 is 0.913 bits per heavy atom. The predicted molar refractivity (Wildman–Crippen MR) is 100 cm³/mol. The van der Waals surface area contributed by atoms with Crippen molar-refractivity contribution in [2.24, 2.45) is 21.7 Å². The molecule has 1 nitrogen and oxygen atoms in total. The van der Waals surface area contributed by atoms with Gasteiger partial charge in [0.25, 0.3) is 0 Å². The van der Waals surface area contributed by atoms with Crippen molar-refractivity contribution in [3.63, 3.8) is 0 Å². The van der Waals surface area contributed by atoms with Crippen molar-refractivity contribution in [2.75, 3.05) is 0 Å². The Bertz CT molecular complexity index is 415. The third kappa shape index (κ3) is 3.86. The average molecular weight is 319 g/mol. The molecule has 2 saturated carbocycles. The smallest absolute Gasteiger partial charge is 0.0867 e. The Kier molecular flexibility index (Phi) is 5.38. The number of allylic oxidation sites excluding steroid dienone is 2. The molecule has 0 radical (unpaired) electrons. The van der Waals surface area contributed by atoms with Crippen molar-refractivity contribution in [3.05, 3.63) is 24.7 Å². The van der Waals surface area contributed by atoms with E-state index in [1.54, 1.807) is 0 Å². The summed E-state index contributed by atoms with van der Waals surface area (Å²) in [5.74, 6) is 0. The summed E-state index contributed by atoms with van der Waals surface area (Å²) >= 11 is 0. The van der Waals surface area contributed by atoms with Crippen LogP contribution in [0, 0.1) is 21.7 Å². The van der Waals surface area contributed by atoms with Gasteiger partial charge in [0.05, 0.1) is 12.5 Å². The largest absolute Gasteiger partial charge is 0.473 e. The van der Waals surface area contributed by atoms with E-state index < -0.39 is 0 Å². The molecule has 0 aromatic heterocycles. The zero-order valence-electron chi connectivity index (χ0n) is 16.4. The minimum absolute atomic E-state index is 0.257. The number of hydrogen-bond acceptors (Lipinski definition) is 1. The van der Waals surface area contributed by atoms with Gasteiger partial charge >= 0.3 is 0 Å². The summed E-state index contributed by atoms with van der Waals surface area (Å²) in [4.78, 5) is 0. The molecule has 0 bridgehead atoms. The van der Waals surface area contributed by atoms with Crippen LogP contribution >= 0.6 is 0 Å². The molecule has 23 heavy (non-hydrogen) atoms. The quantitative estimate of drug-likeness (QED) is 0.496. The molecule has 2 rings (SSSR count). The van der Waals surface area contributed by atoms with Gasteiger partial charge in [-0.15, -0.1) is 0 Å². The van der Waals surface area contributed by atoms with Crippen molar-refractivity contribution in [2.45, 2.75) is 92.9 Å². The van der Waals surface area contributed by atoms with Crippen LogP contribution in [0.2, 0.25) is 0 Å². The van der Waals surface area contributed by atoms with Gasteiger partial charge in [-0.05, 0) is 59.5 Å². The highest BCUT2D eigenvalue weighted by molar-refractivity contribution is 5.07. The topological polar surface area (TPSA) is 9.23 Å². The first-order valence-corrected chi connectivity index (χ1v) is 9.63. The zero-order chi connectivity index (χ0) is 17.2. The van der Waals surface area contributed by atoms with E-state index >= 15 is 0 Å². The molecule has 0 aromatic carbocycles. The summed E-state index contributed by atoms with van der Waals surface area (Å²) in [6.45, 7) is 14.4.